The predicted molar refractivity (Wildman–Crippen MR) is 248 cm³/mol. The molecule has 0 fully saturated rings. The molecular weight excluding hydrogens is 721 g/mol. The van der Waals surface area contributed by atoms with Crippen molar-refractivity contribution in [3.05, 3.63) is 36.5 Å². The first-order chi connectivity index (χ1) is 28.4. The summed E-state index contributed by atoms with van der Waals surface area (Å²) in [5.41, 5.74) is 5.49. The first-order valence-electron chi connectivity index (χ1n) is 24.8. The number of unbranched alkanes of at least 4 members (excludes halogenated alkanes) is 25. The van der Waals surface area contributed by atoms with Crippen molar-refractivity contribution < 1.29 is 24.2 Å². The van der Waals surface area contributed by atoms with E-state index in [9.17, 15) is 19.5 Å². The number of carbonyl (C=O) groups excluding carboxylic acids is 2. The quantitative estimate of drug-likeness (QED) is 0.0320. The molecule has 0 saturated heterocycles. The minimum atomic E-state index is -1.00. The molecule has 1 amide bonds. The molecule has 0 saturated carbocycles. The molecule has 0 radical (unpaired) electrons. The largest absolute Gasteiger partial charge is 0.480 e. The number of hydrogen-bond acceptors (Lipinski definition) is 5. The van der Waals surface area contributed by atoms with Crippen molar-refractivity contribution in [2.24, 2.45) is 5.73 Å². The van der Waals surface area contributed by atoms with Gasteiger partial charge in [0.15, 0.2) is 0 Å². The minimum Gasteiger partial charge on any atom is -0.480 e. The predicted octanol–water partition coefficient (Wildman–Crippen LogP) is 14.6. The highest BCUT2D eigenvalue weighted by molar-refractivity contribution is 5.83. The number of hydrogen-bond donors (Lipinski definition) is 3. The average Bonchev–Trinajstić information content (AvgIpc) is 3.21. The summed E-state index contributed by atoms with van der Waals surface area (Å²) < 4.78 is 6.06. The van der Waals surface area contributed by atoms with Crippen LogP contribution >= 0.6 is 0 Å². The van der Waals surface area contributed by atoms with Gasteiger partial charge >= 0.3 is 11.9 Å². The fourth-order valence-electron chi connectivity index (χ4n) is 7.46. The molecule has 7 heteroatoms. The van der Waals surface area contributed by atoms with E-state index in [-0.39, 0.29) is 18.0 Å². The standard InChI is InChI=1S/C51H94N2O5/c1-3-5-7-9-11-13-14-15-16-17-18-19-20-21-22-23-24-25-26-28-30-35-39-45-50(55)58-47(41-36-32-29-27-12-10-8-6-4-2)42-37-33-31-34-38-44-49(54)53-48(51(56)57)43-40-46-52/h14-15,17-18,20-21,47-48H,3-13,16,19,22-46,52H2,1-2H3,(H,53,54)(H,56,57)/b15-14-,18-17-,21-20-. The lowest BCUT2D eigenvalue weighted by Crippen LogP contribution is -2.40. The molecule has 0 aliphatic carbocycles. The van der Waals surface area contributed by atoms with Crippen LogP contribution < -0.4 is 11.1 Å². The van der Waals surface area contributed by atoms with Crippen molar-refractivity contribution in [3.8, 4) is 0 Å². The molecule has 2 atom stereocenters. The number of carboxylic acid groups (broad SMARTS) is 1. The zero-order valence-electron chi connectivity index (χ0n) is 38.1. The number of nitrogens with one attached hydrogen (secondary N) is 1. The van der Waals surface area contributed by atoms with Gasteiger partial charge in [-0.25, -0.2) is 4.79 Å². The Labute approximate surface area is 358 Å². The Bertz CT molecular complexity index is 1010. The van der Waals surface area contributed by atoms with Gasteiger partial charge in [-0.05, 0) is 96.4 Å². The maximum absolute atomic E-state index is 12.8. The molecule has 7 nitrogen and oxygen atoms in total. The summed E-state index contributed by atoms with van der Waals surface area (Å²) in [5.74, 6) is -1.23. The molecular formula is C51H94N2O5. The molecule has 0 aliphatic heterocycles. The van der Waals surface area contributed by atoms with E-state index in [1.807, 2.05) is 0 Å². The maximum atomic E-state index is 12.8. The lowest BCUT2D eigenvalue weighted by Gasteiger charge is -2.18. The van der Waals surface area contributed by atoms with E-state index in [4.69, 9.17) is 10.5 Å². The highest BCUT2D eigenvalue weighted by Crippen LogP contribution is 2.19. The Morgan fingerprint density at radius 3 is 1.34 bits per heavy atom. The molecule has 338 valence electrons. The van der Waals surface area contributed by atoms with Crippen LogP contribution in [0.25, 0.3) is 0 Å². The van der Waals surface area contributed by atoms with Gasteiger partial charge < -0.3 is 20.9 Å². The summed E-state index contributed by atoms with van der Waals surface area (Å²) in [6.45, 7) is 4.94. The van der Waals surface area contributed by atoms with Gasteiger partial charge in [0, 0.05) is 12.8 Å². The van der Waals surface area contributed by atoms with Crippen LogP contribution in [0.15, 0.2) is 36.5 Å². The molecule has 0 aromatic heterocycles. The van der Waals surface area contributed by atoms with Gasteiger partial charge in [-0.15, -0.1) is 0 Å². The van der Waals surface area contributed by atoms with Gasteiger partial charge in [0.1, 0.15) is 12.1 Å². The Morgan fingerprint density at radius 1 is 0.500 bits per heavy atom. The SMILES string of the molecule is CCCCCCC/C=C\C/C=C\C/C=C\CCCCCCCCCCC(=O)OC(CCCCCCCCCCC)CCCCCCCC(=O)NC(CCCN)C(=O)O. The van der Waals surface area contributed by atoms with Gasteiger partial charge in [-0.2, -0.15) is 0 Å². The number of amides is 1. The second-order valence-electron chi connectivity index (χ2n) is 16.9. The summed E-state index contributed by atoms with van der Waals surface area (Å²) in [4.78, 5) is 36.4. The summed E-state index contributed by atoms with van der Waals surface area (Å²) in [6.07, 6.45) is 54.9. The highest BCUT2D eigenvalue weighted by Gasteiger charge is 2.19. The molecule has 0 aliphatic rings. The molecule has 0 heterocycles. The smallest absolute Gasteiger partial charge is 0.326 e. The topological polar surface area (TPSA) is 119 Å². The van der Waals surface area contributed by atoms with E-state index in [0.717, 1.165) is 77.0 Å². The molecule has 0 aromatic carbocycles. The summed E-state index contributed by atoms with van der Waals surface area (Å²) in [5, 5.41) is 12.0. The van der Waals surface area contributed by atoms with Crippen molar-refractivity contribution >= 4 is 17.8 Å². The van der Waals surface area contributed by atoms with E-state index < -0.39 is 12.0 Å². The van der Waals surface area contributed by atoms with Gasteiger partial charge in [0.2, 0.25) is 5.91 Å². The number of aliphatic carboxylic acids is 1. The van der Waals surface area contributed by atoms with E-state index in [1.165, 1.54) is 135 Å². The summed E-state index contributed by atoms with van der Waals surface area (Å²) in [6, 6.07) is -0.856. The molecule has 2 unspecified atom stereocenters. The van der Waals surface area contributed by atoms with Crippen molar-refractivity contribution in [1.82, 2.24) is 5.32 Å². The third-order valence-electron chi connectivity index (χ3n) is 11.2. The Morgan fingerprint density at radius 2 is 0.897 bits per heavy atom. The van der Waals surface area contributed by atoms with Crippen molar-refractivity contribution in [2.45, 2.75) is 264 Å². The molecule has 0 rings (SSSR count). The summed E-state index contributed by atoms with van der Waals surface area (Å²) >= 11 is 0. The molecule has 0 spiro atoms. The van der Waals surface area contributed by atoms with Gasteiger partial charge in [-0.3, -0.25) is 9.59 Å². The lowest BCUT2D eigenvalue weighted by molar-refractivity contribution is -0.150. The fraction of sp³-hybridized carbons (Fsp3) is 0.824. The molecule has 0 bridgehead atoms. The number of carbonyl (C=O) groups is 3. The van der Waals surface area contributed by atoms with Gasteiger partial charge in [-0.1, -0.05) is 185 Å². The van der Waals surface area contributed by atoms with Crippen LogP contribution in [0.2, 0.25) is 0 Å². The molecule has 0 aromatic rings. The van der Waals surface area contributed by atoms with Gasteiger partial charge in [0.25, 0.3) is 0 Å². The number of allylic oxidation sites excluding steroid dienone is 6. The summed E-state index contributed by atoms with van der Waals surface area (Å²) in [7, 11) is 0. The highest BCUT2D eigenvalue weighted by atomic mass is 16.5. The van der Waals surface area contributed by atoms with Crippen LogP contribution in [-0.4, -0.2) is 41.6 Å². The van der Waals surface area contributed by atoms with Crippen LogP contribution in [0.4, 0.5) is 0 Å². The van der Waals surface area contributed by atoms with E-state index in [0.29, 0.717) is 32.2 Å². The van der Waals surface area contributed by atoms with Crippen molar-refractivity contribution in [3.63, 3.8) is 0 Å². The number of carboxylic acids is 1. The lowest BCUT2D eigenvalue weighted by atomic mass is 10.0. The maximum Gasteiger partial charge on any atom is 0.326 e. The van der Waals surface area contributed by atoms with Crippen LogP contribution in [0.1, 0.15) is 251 Å². The van der Waals surface area contributed by atoms with E-state index >= 15 is 0 Å². The van der Waals surface area contributed by atoms with Crippen LogP contribution in [-0.2, 0) is 19.1 Å². The van der Waals surface area contributed by atoms with Gasteiger partial charge in [0.05, 0.1) is 0 Å². The van der Waals surface area contributed by atoms with Crippen molar-refractivity contribution in [1.29, 1.82) is 0 Å². The normalized spacial score (nSPS) is 12.9. The van der Waals surface area contributed by atoms with Crippen LogP contribution in [0.3, 0.4) is 0 Å². The van der Waals surface area contributed by atoms with Crippen molar-refractivity contribution in [2.75, 3.05) is 6.54 Å². The number of nitrogens with two attached hydrogens (primary N) is 1. The van der Waals surface area contributed by atoms with Crippen LogP contribution in [0.5, 0.6) is 0 Å². The Kier molecular flexibility index (Phi) is 43.8. The first kappa shape index (κ1) is 55.6. The average molecular weight is 815 g/mol. The third-order valence-corrected chi connectivity index (χ3v) is 11.2. The second kappa shape index (κ2) is 45.7. The number of ether oxygens (including phenoxy) is 1. The monoisotopic (exact) mass is 815 g/mol. The Balaban J connectivity index is 4.14. The van der Waals surface area contributed by atoms with E-state index in [1.54, 1.807) is 0 Å². The third kappa shape index (κ3) is 41.7. The first-order valence-corrected chi connectivity index (χ1v) is 24.8. The zero-order valence-corrected chi connectivity index (χ0v) is 38.1. The number of rotatable bonds is 45. The second-order valence-corrected chi connectivity index (χ2v) is 16.9. The minimum absolute atomic E-state index is 0.0116. The fourth-order valence-corrected chi connectivity index (χ4v) is 7.46. The molecule has 58 heavy (non-hydrogen) atoms. The van der Waals surface area contributed by atoms with E-state index in [2.05, 4.69) is 55.6 Å². The Hall–Kier alpha value is -2.41. The zero-order chi connectivity index (χ0) is 42.4. The number of esters is 1. The van der Waals surface area contributed by atoms with Crippen LogP contribution in [0, 0.1) is 0 Å². The molecule has 4 N–H and O–H groups in total.